The van der Waals surface area contributed by atoms with Crippen LogP contribution in [0.3, 0.4) is 0 Å². The van der Waals surface area contributed by atoms with Crippen molar-refractivity contribution in [1.29, 1.82) is 0 Å². The molecular weight excluding hydrogens is 670 g/mol. The van der Waals surface area contributed by atoms with Gasteiger partial charge in [-0.15, -0.1) is 6.58 Å². The molecule has 0 aromatic carbocycles. The van der Waals surface area contributed by atoms with E-state index in [0.717, 1.165) is 76.3 Å². The van der Waals surface area contributed by atoms with Crippen molar-refractivity contribution in [3.63, 3.8) is 0 Å². The zero-order valence-corrected chi connectivity index (χ0v) is 34.6. The topological polar surface area (TPSA) is 110 Å². The van der Waals surface area contributed by atoms with Gasteiger partial charge in [0, 0.05) is 52.2 Å². The fourth-order valence-corrected chi connectivity index (χ4v) is 9.92. The Morgan fingerprint density at radius 2 is 1.62 bits per heavy atom. The predicted octanol–water partition coefficient (Wildman–Crippen LogP) is 7.23. The first kappa shape index (κ1) is 44.6. The molecule has 0 aromatic heterocycles. The van der Waals surface area contributed by atoms with E-state index in [1.807, 2.05) is 6.08 Å². The first-order valence-corrected chi connectivity index (χ1v) is 21.0. The van der Waals surface area contributed by atoms with Crippen LogP contribution in [0.5, 0.6) is 0 Å². The summed E-state index contributed by atoms with van der Waals surface area (Å²) in [5.41, 5.74) is 2.47. The van der Waals surface area contributed by atoms with Crippen molar-refractivity contribution in [1.82, 2.24) is 4.90 Å². The van der Waals surface area contributed by atoms with Gasteiger partial charge in [0.1, 0.15) is 6.10 Å². The molecule has 0 aromatic rings. The summed E-state index contributed by atoms with van der Waals surface area (Å²) in [5, 5.41) is 34.4. The lowest BCUT2D eigenvalue weighted by molar-refractivity contribution is -0.324. The number of hydrogen-bond donors (Lipinski definition) is 3. The maximum absolute atomic E-state index is 12.2. The van der Waals surface area contributed by atoms with E-state index in [2.05, 4.69) is 58.2 Å². The van der Waals surface area contributed by atoms with E-state index in [1.165, 1.54) is 5.57 Å². The highest BCUT2D eigenvalue weighted by atomic mass is 16.7. The number of fused-ring (bicyclic) bond motifs is 3. The maximum atomic E-state index is 12.2. The summed E-state index contributed by atoms with van der Waals surface area (Å²) in [6, 6.07) is 0.211. The van der Waals surface area contributed by atoms with Crippen LogP contribution in [-0.2, 0) is 23.7 Å². The molecule has 3 aliphatic heterocycles. The molecule has 2 bridgehead atoms. The highest BCUT2D eigenvalue weighted by Crippen LogP contribution is 2.40. The van der Waals surface area contributed by atoms with Crippen LogP contribution in [0, 0.1) is 29.6 Å². The largest absolute Gasteiger partial charge is 0.393 e. The predicted molar refractivity (Wildman–Crippen MR) is 212 cm³/mol. The highest BCUT2D eigenvalue weighted by molar-refractivity contribution is 5.11. The number of piperidine rings is 1. The van der Waals surface area contributed by atoms with Crippen LogP contribution in [0.15, 0.2) is 36.0 Å². The van der Waals surface area contributed by atoms with Gasteiger partial charge in [-0.3, -0.25) is 4.90 Å². The molecule has 53 heavy (non-hydrogen) atoms. The normalized spacial score (nSPS) is 43.5. The molecule has 9 nitrogen and oxygen atoms in total. The Morgan fingerprint density at radius 3 is 2.32 bits per heavy atom. The van der Waals surface area contributed by atoms with Crippen molar-refractivity contribution in [2.24, 2.45) is 29.6 Å². The Morgan fingerprint density at radius 1 is 0.925 bits per heavy atom. The van der Waals surface area contributed by atoms with Crippen LogP contribution in [0.2, 0.25) is 0 Å². The minimum Gasteiger partial charge on any atom is -0.393 e. The summed E-state index contributed by atoms with van der Waals surface area (Å²) >= 11 is 0. The quantitative estimate of drug-likeness (QED) is 0.233. The van der Waals surface area contributed by atoms with Gasteiger partial charge in [-0.2, -0.15) is 0 Å². The third kappa shape index (κ3) is 12.4. The van der Waals surface area contributed by atoms with E-state index in [4.69, 9.17) is 23.7 Å². The summed E-state index contributed by atoms with van der Waals surface area (Å²) in [4.78, 5) is 2.49. The minimum absolute atomic E-state index is 0.0928. The van der Waals surface area contributed by atoms with Gasteiger partial charge in [-0.05, 0) is 114 Å². The zero-order chi connectivity index (χ0) is 38.7. The number of methoxy groups -OCH3 is 3. The lowest BCUT2D eigenvalue weighted by Gasteiger charge is -2.48. The number of nitrogens with zero attached hydrogens (tertiary/aromatic N) is 1. The molecular formula is C44H77NO8. The Balaban J connectivity index is 1.64. The fraction of sp³-hybridized carbons (Fsp3) is 0.864. The maximum Gasteiger partial charge on any atom is 0.169 e. The van der Waals surface area contributed by atoms with Crippen LogP contribution < -0.4 is 0 Å². The molecule has 3 fully saturated rings. The van der Waals surface area contributed by atoms with Crippen molar-refractivity contribution in [2.45, 2.75) is 173 Å². The number of ether oxygens (including phenoxy) is 5. The van der Waals surface area contributed by atoms with Gasteiger partial charge < -0.3 is 39.0 Å². The molecule has 4 aliphatic rings. The van der Waals surface area contributed by atoms with Gasteiger partial charge in [-0.1, -0.05) is 51.0 Å². The number of hydrogen-bond acceptors (Lipinski definition) is 9. The smallest absolute Gasteiger partial charge is 0.169 e. The SMILES string of the molecule is C=CCC1/C=C(/C)CC(C)CC(OC)C2OC(O)(CCN3CCCCC3COC(/C(C)=C/C3CCC(O)C(OC)C3)C(C)C(O)CC1)C(C)CC2OC. The molecule has 2 saturated heterocycles. The number of aliphatic hydroxyl groups excluding tert-OH is 2. The molecule has 3 N–H and O–H groups in total. The first-order chi connectivity index (χ1) is 25.3. The third-order valence-corrected chi connectivity index (χ3v) is 13.3. The monoisotopic (exact) mass is 748 g/mol. The third-order valence-electron chi connectivity index (χ3n) is 13.3. The summed E-state index contributed by atoms with van der Waals surface area (Å²) in [6.45, 7) is 17.1. The molecule has 1 aliphatic carbocycles. The van der Waals surface area contributed by atoms with Crippen LogP contribution in [0.4, 0.5) is 0 Å². The minimum atomic E-state index is -1.29. The Kier molecular flexibility index (Phi) is 18.0. The van der Waals surface area contributed by atoms with Crippen LogP contribution >= 0.6 is 0 Å². The molecule has 0 radical (unpaired) electrons. The van der Waals surface area contributed by atoms with Crippen molar-refractivity contribution < 1.29 is 39.0 Å². The summed E-state index contributed by atoms with van der Waals surface area (Å²) < 4.78 is 31.4. The van der Waals surface area contributed by atoms with E-state index in [-0.39, 0.29) is 60.2 Å². The zero-order valence-electron chi connectivity index (χ0n) is 34.6. The highest BCUT2D eigenvalue weighted by Gasteiger charge is 2.49. The molecule has 14 unspecified atom stereocenters. The molecule has 0 spiro atoms. The lowest BCUT2D eigenvalue weighted by atomic mass is 9.82. The Labute approximate surface area is 322 Å². The first-order valence-electron chi connectivity index (χ1n) is 21.0. The number of aliphatic hydroxyl groups is 3. The van der Waals surface area contributed by atoms with E-state index < -0.39 is 18.0 Å². The molecule has 4 rings (SSSR count). The van der Waals surface area contributed by atoms with E-state index in [0.29, 0.717) is 38.3 Å². The summed E-state index contributed by atoms with van der Waals surface area (Å²) in [6.07, 6.45) is 15.7. The average molecular weight is 748 g/mol. The van der Waals surface area contributed by atoms with Crippen molar-refractivity contribution >= 4 is 0 Å². The summed E-state index contributed by atoms with van der Waals surface area (Å²) in [5.74, 6) is -0.572. The molecule has 3 heterocycles. The molecule has 0 amide bonds. The second-order valence-corrected chi connectivity index (χ2v) is 17.5. The molecule has 306 valence electrons. The Hall–Kier alpha value is -1.14. The van der Waals surface area contributed by atoms with Gasteiger partial charge in [0.15, 0.2) is 5.79 Å². The van der Waals surface area contributed by atoms with Crippen molar-refractivity contribution in [2.75, 3.05) is 41.0 Å². The van der Waals surface area contributed by atoms with E-state index in [1.54, 1.807) is 21.3 Å². The van der Waals surface area contributed by atoms with Gasteiger partial charge in [0.05, 0.1) is 43.2 Å². The van der Waals surface area contributed by atoms with Gasteiger partial charge in [0.2, 0.25) is 0 Å². The van der Waals surface area contributed by atoms with Crippen LogP contribution in [-0.4, -0.2) is 116 Å². The number of allylic oxidation sites excluding steroid dienone is 4. The standard InChI is InChI=1S/C44H77NO8/c1-10-13-34-15-17-37(46)33(6)42(31(4)25-35-16-18-38(47)39(27-35)49-7)52-28-36-14-11-12-20-45(36)21-19-44(48)32(5)26-41(51-9)43(53-44)40(50-8)24-30(3)22-29(2)23-34/h10,23,25,30,32-43,46-48H,1,11-22,24,26-28H2,2-9H3/b29-23-,31-25+. The van der Waals surface area contributed by atoms with Gasteiger partial charge >= 0.3 is 0 Å². The molecule has 9 heteroatoms. The molecule has 14 atom stereocenters. The second kappa shape index (κ2) is 21.4. The molecule has 1 saturated carbocycles. The Bertz CT molecular complexity index is 1160. The van der Waals surface area contributed by atoms with Crippen LogP contribution in [0.1, 0.15) is 118 Å². The fourth-order valence-electron chi connectivity index (χ4n) is 9.92. The van der Waals surface area contributed by atoms with E-state index in [9.17, 15) is 15.3 Å². The number of rotatable bonds is 7. The second-order valence-electron chi connectivity index (χ2n) is 17.5. The van der Waals surface area contributed by atoms with Gasteiger partial charge in [0.25, 0.3) is 0 Å². The van der Waals surface area contributed by atoms with Crippen molar-refractivity contribution in [3.05, 3.63) is 36.0 Å². The van der Waals surface area contributed by atoms with Crippen LogP contribution in [0.25, 0.3) is 0 Å². The van der Waals surface area contributed by atoms with E-state index >= 15 is 0 Å². The lowest BCUT2D eigenvalue weighted by Crippen LogP contribution is -2.58. The average Bonchev–Trinajstić information content (AvgIpc) is 3.13. The van der Waals surface area contributed by atoms with Gasteiger partial charge in [-0.25, -0.2) is 0 Å². The van der Waals surface area contributed by atoms with Crippen molar-refractivity contribution in [3.8, 4) is 0 Å². The summed E-state index contributed by atoms with van der Waals surface area (Å²) in [7, 11) is 5.17.